The highest BCUT2D eigenvalue weighted by molar-refractivity contribution is 7.71. The molecule has 2 rings (SSSR count). The van der Waals surface area contributed by atoms with Gasteiger partial charge in [-0.25, -0.2) is 0 Å². The Morgan fingerprint density at radius 2 is 2.12 bits per heavy atom. The first-order valence-corrected chi connectivity index (χ1v) is 6.79. The van der Waals surface area contributed by atoms with Gasteiger partial charge in [0, 0.05) is 6.04 Å². The summed E-state index contributed by atoms with van der Waals surface area (Å²) in [5.74, 6) is 0. The van der Waals surface area contributed by atoms with Gasteiger partial charge in [0.15, 0.2) is 4.77 Å². The van der Waals surface area contributed by atoms with E-state index in [0.29, 0.717) is 6.04 Å². The highest BCUT2D eigenvalue weighted by Gasteiger charge is 2.14. The van der Waals surface area contributed by atoms with Crippen LogP contribution >= 0.6 is 12.2 Å². The van der Waals surface area contributed by atoms with Crippen LogP contribution in [-0.2, 0) is 0 Å². The molecule has 2 aromatic rings. The summed E-state index contributed by atoms with van der Waals surface area (Å²) in [6.07, 6.45) is 3.51. The van der Waals surface area contributed by atoms with E-state index in [4.69, 9.17) is 12.2 Å². The molecular formula is C14H20N2S. The van der Waals surface area contributed by atoms with E-state index >= 15 is 0 Å². The number of H-pyrrole nitrogens is 1. The van der Waals surface area contributed by atoms with Crippen LogP contribution in [0, 0.1) is 11.7 Å². The smallest absolute Gasteiger partial charge is 0.178 e. The van der Waals surface area contributed by atoms with Crippen molar-refractivity contribution in [3.8, 4) is 0 Å². The molecule has 0 amide bonds. The molecule has 0 fully saturated rings. The molecule has 3 heteroatoms. The lowest BCUT2D eigenvalue weighted by Crippen LogP contribution is -2.08. The van der Waals surface area contributed by atoms with E-state index in [9.17, 15) is 0 Å². The van der Waals surface area contributed by atoms with Crippen molar-refractivity contribution < 1.29 is 0 Å². The number of hydrogen-bond acceptors (Lipinski definition) is 1. The predicted molar refractivity (Wildman–Crippen MR) is 76.1 cm³/mol. The molecule has 92 valence electrons. The summed E-state index contributed by atoms with van der Waals surface area (Å²) in [6.45, 7) is 6.62. The monoisotopic (exact) mass is 248 g/mol. The molecule has 0 radical (unpaired) electrons. The Morgan fingerprint density at radius 1 is 1.35 bits per heavy atom. The average Bonchev–Trinajstić information content (AvgIpc) is 2.64. The van der Waals surface area contributed by atoms with Crippen LogP contribution in [0.25, 0.3) is 11.0 Å². The van der Waals surface area contributed by atoms with E-state index in [1.165, 1.54) is 23.9 Å². The number of hydrogen-bond donors (Lipinski definition) is 1. The zero-order valence-electron chi connectivity index (χ0n) is 10.8. The summed E-state index contributed by atoms with van der Waals surface area (Å²) in [5.41, 5.74) is 3.73. The van der Waals surface area contributed by atoms with E-state index in [1.807, 2.05) is 0 Å². The second-order valence-electron chi connectivity index (χ2n) is 4.62. The largest absolute Gasteiger partial charge is 0.331 e. The van der Waals surface area contributed by atoms with Crippen molar-refractivity contribution in [1.29, 1.82) is 0 Å². The first kappa shape index (κ1) is 12.4. The van der Waals surface area contributed by atoms with E-state index in [0.717, 1.165) is 16.7 Å². The van der Waals surface area contributed by atoms with Gasteiger partial charge in [-0.2, -0.15) is 0 Å². The van der Waals surface area contributed by atoms with Crippen molar-refractivity contribution in [2.45, 2.75) is 46.1 Å². The van der Waals surface area contributed by atoms with Crippen LogP contribution in [0.2, 0.25) is 0 Å². The van der Waals surface area contributed by atoms with Crippen molar-refractivity contribution in [1.82, 2.24) is 9.55 Å². The number of aromatic nitrogens is 2. The summed E-state index contributed by atoms with van der Waals surface area (Å²) in [5, 5.41) is 0. The average molecular weight is 248 g/mol. The molecule has 0 saturated heterocycles. The molecule has 0 aliphatic heterocycles. The minimum Gasteiger partial charge on any atom is -0.331 e. The topological polar surface area (TPSA) is 20.7 Å². The van der Waals surface area contributed by atoms with Gasteiger partial charge in [-0.3, -0.25) is 0 Å². The van der Waals surface area contributed by atoms with Crippen molar-refractivity contribution in [2.75, 3.05) is 0 Å². The lowest BCUT2D eigenvalue weighted by Gasteiger charge is -2.17. The van der Waals surface area contributed by atoms with Gasteiger partial charge >= 0.3 is 0 Å². The van der Waals surface area contributed by atoms with Crippen molar-refractivity contribution in [2.24, 2.45) is 0 Å². The molecule has 0 saturated carbocycles. The maximum Gasteiger partial charge on any atom is 0.178 e. The number of aryl methyl sites for hydroxylation is 1. The number of imidazole rings is 1. The van der Waals surface area contributed by atoms with Crippen LogP contribution < -0.4 is 0 Å². The van der Waals surface area contributed by atoms with Gasteiger partial charge in [0.2, 0.25) is 0 Å². The molecule has 1 atom stereocenters. The molecule has 0 aliphatic carbocycles. The normalized spacial score (nSPS) is 13.1. The molecule has 1 aromatic carbocycles. The number of fused-ring (bicyclic) bond motifs is 1. The van der Waals surface area contributed by atoms with Gasteiger partial charge in [0.1, 0.15) is 0 Å². The molecule has 2 nitrogen and oxygen atoms in total. The number of nitrogens with one attached hydrogen (secondary N) is 1. The number of nitrogens with zero attached hydrogens (tertiary/aromatic N) is 1. The van der Waals surface area contributed by atoms with Gasteiger partial charge in [-0.05, 0) is 43.6 Å². The zero-order chi connectivity index (χ0) is 12.4. The maximum atomic E-state index is 5.48. The molecule has 1 unspecified atom stereocenters. The number of para-hydroxylation sites is 1. The number of benzene rings is 1. The van der Waals surface area contributed by atoms with Crippen LogP contribution in [0.15, 0.2) is 18.2 Å². The lowest BCUT2D eigenvalue weighted by atomic mass is 10.1. The van der Waals surface area contributed by atoms with Crippen LogP contribution in [-0.4, -0.2) is 9.55 Å². The molecule has 0 aliphatic rings. The van der Waals surface area contributed by atoms with Gasteiger partial charge in [0.05, 0.1) is 11.0 Å². The third kappa shape index (κ3) is 2.16. The molecule has 0 spiro atoms. The lowest BCUT2D eigenvalue weighted by molar-refractivity contribution is 0.453. The highest BCUT2D eigenvalue weighted by Crippen LogP contribution is 2.26. The minimum atomic E-state index is 0.516. The van der Waals surface area contributed by atoms with Gasteiger partial charge in [0.25, 0.3) is 0 Å². The minimum absolute atomic E-state index is 0.516. The summed E-state index contributed by atoms with van der Waals surface area (Å²) < 4.78 is 3.17. The summed E-state index contributed by atoms with van der Waals surface area (Å²) in [4.78, 5) is 3.32. The predicted octanol–water partition coefficient (Wildman–Crippen LogP) is 4.76. The Bertz CT molecular complexity index is 565. The second-order valence-corrected chi connectivity index (χ2v) is 5.01. The quantitative estimate of drug-likeness (QED) is 0.774. The molecule has 1 N–H and O–H groups in total. The third-order valence-corrected chi connectivity index (χ3v) is 3.70. The maximum absolute atomic E-state index is 5.48. The SMILES string of the molecule is CCCC(CC)n1c(=S)[nH]c2cccc(C)c21. The van der Waals surface area contributed by atoms with Crippen molar-refractivity contribution >= 4 is 23.3 Å². The Kier molecular flexibility index (Phi) is 3.67. The second kappa shape index (κ2) is 5.05. The number of aromatic amines is 1. The van der Waals surface area contributed by atoms with E-state index < -0.39 is 0 Å². The fourth-order valence-corrected chi connectivity index (χ4v) is 2.90. The van der Waals surface area contributed by atoms with Crippen LogP contribution in [0.1, 0.15) is 44.7 Å². The van der Waals surface area contributed by atoms with E-state index in [-0.39, 0.29) is 0 Å². The number of rotatable bonds is 4. The molecule has 17 heavy (non-hydrogen) atoms. The highest BCUT2D eigenvalue weighted by atomic mass is 32.1. The standard InChI is InChI=1S/C14H20N2S/c1-4-7-11(5-2)16-13-10(3)8-6-9-12(13)15-14(16)17/h6,8-9,11H,4-5,7H2,1-3H3,(H,15,17). The first-order chi connectivity index (χ1) is 8.19. The fraction of sp³-hybridized carbons (Fsp3) is 0.500. The Labute approximate surface area is 108 Å². The first-order valence-electron chi connectivity index (χ1n) is 6.38. The van der Waals surface area contributed by atoms with E-state index in [1.54, 1.807) is 0 Å². The van der Waals surface area contributed by atoms with Crippen molar-refractivity contribution in [3.63, 3.8) is 0 Å². The summed E-state index contributed by atoms with van der Waals surface area (Å²) in [6, 6.07) is 6.85. The summed E-state index contributed by atoms with van der Waals surface area (Å²) >= 11 is 5.48. The fourth-order valence-electron chi connectivity index (χ4n) is 2.55. The van der Waals surface area contributed by atoms with Crippen LogP contribution in [0.4, 0.5) is 0 Å². The van der Waals surface area contributed by atoms with Gasteiger partial charge < -0.3 is 9.55 Å². The van der Waals surface area contributed by atoms with E-state index in [2.05, 4.69) is 48.5 Å². The Morgan fingerprint density at radius 3 is 2.76 bits per heavy atom. The summed E-state index contributed by atoms with van der Waals surface area (Å²) in [7, 11) is 0. The zero-order valence-corrected chi connectivity index (χ0v) is 11.6. The van der Waals surface area contributed by atoms with Crippen LogP contribution in [0.3, 0.4) is 0 Å². The van der Waals surface area contributed by atoms with Crippen molar-refractivity contribution in [3.05, 3.63) is 28.5 Å². The third-order valence-electron chi connectivity index (χ3n) is 3.40. The molecule has 1 aromatic heterocycles. The molecular weight excluding hydrogens is 228 g/mol. The van der Waals surface area contributed by atoms with Gasteiger partial charge in [-0.15, -0.1) is 0 Å². The van der Waals surface area contributed by atoms with Gasteiger partial charge in [-0.1, -0.05) is 32.4 Å². The van der Waals surface area contributed by atoms with Crippen LogP contribution in [0.5, 0.6) is 0 Å². The molecule has 0 bridgehead atoms. The Hall–Kier alpha value is -1.09. The molecule has 1 heterocycles. The Balaban J connectivity index is 2.67.